The Bertz CT molecular complexity index is 984. The van der Waals surface area contributed by atoms with E-state index < -0.39 is 0 Å². The monoisotopic (exact) mass is 436 g/mol. The minimum Gasteiger partial charge on any atom is -0.497 e. The molecule has 3 aromatic carbocycles. The van der Waals surface area contributed by atoms with Gasteiger partial charge >= 0.3 is 0 Å². The number of nitrogens with zero attached hydrogens (tertiary/aromatic N) is 2. The number of hydrazone groups is 1. The van der Waals surface area contributed by atoms with E-state index in [2.05, 4.69) is 57.3 Å². The fourth-order valence-electron chi connectivity index (χ4n) is 3.41. The second-order valence-corrected chi connectivity index (χ2v) is 7.51. The summed E-state index contributed by atoms with van der Waals surface area (Å²) in [6.45, 7) is 0. The van der Waals surface area contributed by atoms with Crippen LogP contribution >= 0.6 is 15.9 Å². The van der Waals surface area contributed by atoms with E-state index in [-0.39, 0.29) is 6.04 Å². The molecule has 0 saturated heterocycles. The molecule has 0 radical (unpaired) electrons. The van der Waals surface area contributed by atoms with Gasteiger partial charge in [-0.15, -0.1) is 0 Å². The lowest BCUT2D eigenvalue weighted by Gasteiger charge is -2.24. The third kappa shape index (κ3) is 3.76. The van der Waals surface area contributed by atoms with E-state index in [1.54, 1.807) is 14.2 Å². The van der Waals surface area contributed by atoms with Gasteiger partial charge in [-0.05, 0) is 65.7 Å². The summed E-state index contributed by atoms with van der Waals surface area (Å²) in [7, 11) is 3.36. The molecule has 0 amide bonds. The van der Waals surface area contributed by atoms with Gasteiger partial charge in [0.2, 0.25) is 0 Å². The molecule has 1 aliphatic heterocycles. The van der Waals surface area contributed by atoms with Gasteiger partial charge in [0.1, 0.15) is 11.5 Å². The van der Waals surface area contributed by atoms with Gasteiger partial charge in [0.25, 0.3) is 0 Å². The fourth-order valence-corrected chi connectivity index (χ4v) is 3.80. The van der Waals surface area contributed by atoms with Crippen molar-refractivity contribution in [3.05, 3.63) is 88.4 Å². The molecule has 0 fully saturated rings. The highest BCUT2D eigenvalue weighted by Crippen LogP contribution is 2.38. The number of halogens is 1. The average molecular weight is 437 g/mol. The predicted octanol–water partition coefficient (Wildman–Crippen LogP) is 5.82. The Kier molecular flexibility index (Phi) is 5.35. The van der Waals surface area contributed by atoms with Crippen molar-refractivity contribution in [2.24, 2.45) is 5.10 Å². The van der Waals surface area contributed by atoms with Crippen molar-refractivity contribution in [3.8, 4) is 11.5 Å². The molecule has 0 aromatic heterocycles. The maximum absolute atomic E-state index is 5.31. The van der Waals surface area contributed by atoms with Gasteiger partial charge in [-0.2, -0.15) is 5.10 Å². The lowest BCUT2D eigenvalue weighted by Crippen LogP contribution is -2.18. The Morgan fingerprint density at radius 2 is 1.54 bits per heavy atom. The molecular weight excluding hydrogens is 416 g/mol. The molecule has 0 saturated carbocycles. The normalized spacial score (nSPS) is 16.0. The molecule has 0 spiro atoms. The Balaban J connectivity index is 1.71. The number of ether oxygens (including phenoxy) is 2. The van der Waals surface area contributed by atoms with E-state index in [9.17, 15) is 0 Å². The van der Waals surface area contributed by atoms with Gasteiger partial charge in [0, 0.05) is 10.9 Å². The zero-order valence-electron chi connectivity index (χ0n) is 15.8. The van der Waals surface area contributed by atoms with Gasteiger partial charge < -0.3 is 9.47 Å². The van der Waals surface area contributed by atoms with Crippen LogP contribution in [0.1, 0.15) is 23.6 Å². The van der Waals surface area contributed by atoms with Crippen LogP contribution < -0.4 is 14.5 Å². The van der Waals surface area contributed by atoms with Crippen LogP contribution in [-0.4, -0.2) is 19.9 Å². The largest absolute Gasteiger partial charge is 0.497 e. The smallest absolute Gasteiger partial charge is 0.118 e. The highest BCUT2D eigenvalue weighted by atomic mass is 79.9. The van der Waals surface area contributed by atoms with E-state index in [1.165, 1.54) is 5.56 Å². The van der Waals surface area contributed by atoms with Crippen LogP contribution in [-0.2, 0) is 0 Å². The summed E-state index contributed by atoms with van der Waals surface area (Å²) in [6.07, 6.45) is 0.825. The second-order valence-electron chi connectivity index (χ2n) is 6.59. The summed E-state index contributed by atoms with van der Waals surface area (Å²) >= 11 is 3.57. The highest BCUT2D eigenvalue weighted by molar-refractivity contribution is 9.10. The van der Waals surface area contributed by atoms with Crippen molar-refractivity contribution in [3.63, 3.8) is 0 Å². The summed E-state index contributed by atoms with van der Waals surface area (Å²) in [5.41, 5.74) is 4.42. The molecule has 4 nitrogen and oxygen atoms in total. The van der Waals surface area contributed by atoms with Crippen molar-refractivity contribution < 1.29 is 9.47 Å². The summed E-state index contributed by atoms with van der Waals surface area (Å²) in [6, 6.07) is 24.7. The highest BCUT2D eigenvalue weighted by Gasteiger charge is 2.30. The molecule has 4 rings (SSSR count). The van der Waals surface area contributed by atoms with Crippen LogP contribution in [0.15, 0.2) is 82.4 Å². The Morgan fingerprint density at radius 1 is 0.893 bits per heavy atom. The molecule has 142 valence electrons. The minimum absolute atomic E-state index is 0.123. The number of methoxy groups -OCH3 is 2. The molecule has 0 aliphatic carbocycles. The first-order chi connectivity index (χ1) is 13.7. The SMILES string of the molecule is COc1ccc(C2=NN(c3cccc(Br)c3)C(c3ccc(OC)cc3)C2)cc1. The number of hydrogen-bond donors (Lipinski definition) is 0. The van der Waals surface area contributed by atoms with Gasteiger partial charge in [0.05, 0.1) is 31.7 Å². The third-order valence-electron chi connectivity index (χ3n) is 4.91. The molecule has 0 bridgehead atoms. The van der Waals surface area contributed by atoms with Crippen LogP contribution in [0.2, 0.25) is 0 Å². The van der Waals surface area contributed by atoms with Crippen LogP contribution in [0.4, 0.5) is 5.69 Å². The van der Waals surface area contributed by atoms with Gasteiger partial charge in [-0.1, -0.05) is 34.1 Å². The first-order valence-corrected chi connectivity index (χ1v) is 9.88. The van der Waals surface area contributed by atoms with Crippen LogP contribution in [0.3, 0.4) is 0 Å². The second kappa shape index (κ2) is 8.07. The summed E-state index contributed by atoms with van der Waals surface area (Å²) < 4.78 is 11.6. The molecule has 1 unspecified atom stereocenters. The maximum Gasteiger partial charge on any atom is 0.118 e. The molecule has 3 aromatic rings. The third-order valence-corrected chi connectivity index (χ3v) is 5.40. The fraction of sp³-hybridized carbons (Fsp3) is 0.174. The van der Waals surface area contributed by atoms with Crippen molar-refractivity contribution in [2.75, 3.05) is 19.2 Å². The number of rotatable bonds is 5. The zero-order valence-corrected chi connectivity index (χ0v) is 17.4. The average Bonchev–Trinajstić information content (AvgIpc) is 3.19. The minimum atomic E-state index is 0.123. The summed E-state index contributed by atoms with van der Waals surface area (Å²) in [4.78, 5) is 0. The first-order valence-electron chi connectivity index (χ1n) is 9.08. The lowest BCUT2D eigenvalue weighted by atomic mass is 9.98. The van der Waals surface area contributed by atoms with E-state index in [4.69, 9.17) is 14.6 Å². The number of hydrogen-bond acceptors (Lipinski definition) is 4. The van der Waals surface area contributed by atoms with Gasteiger partial charge in [-0.3, -0.25) is 5.01 Å². The van der Waals surface area contributed by atoms with Crippen molar-refractivity contribution in [1.82, 2.24) is 0 Å². The van der Waals surface area contributed by atoms with Gasteiger partial charge in [-0.25, -0.2) is 0 Å². The summed E-state index contributed by atoms with van der Waals surface area (Å²) in [5.74, 6) is 1.70. The molecule has 1 atom stereocenters. The molecule has 5 heteroatoms. The Hall–Kier alpha value is -2.79. The number of benzene rings is 3. The maximum atomic E-state index is 5.31. The van der Waals surface area contributed by atoms with Crippen LogP contribution in [0.25, 0.3) is 0 Å². The van der Waals surface area contributed by atoms with Crippen molar-refractivity contribution in [1.29, 1.82) is 0 Å². The molecule has 0 N–H and O–H groups in total. The Morgan fingerprint density at radius 3 is 2.14 bits per heavy atom. The van der Waals surface area contributed by atoms with E-state index in [0.29, 0.717) is 0 Å². The van der Waals surface area contributed by atoms with Crippen LogP contribution in [0.5, 0.6) is 11.5 Å². The quantitative estimate of drug-likeness (QED) is 0.504. The van der Waals surface area contributed by atoms with Crippen molar-refractivity contribution >= 4 is 27.3 Å². The van der Waals surface area contributed by atoms with Crippen LogP contribution in [0, 0.1) is 0 Å². The standard InChI is InChI=1S/C23H21BrN2O2/c1-27-20-10-6-16(7-11-20)22-15-23(17-8-12-21(28-2)13-9-17)26(25-22)19-5-3-4-18(24)14-19/h3-14,23H,15H2,1-2H3. The lowest BCUT2D eigenvalue weighted by molar-refractivity contribution is 0.414. The van der Waals surface area contributed by atoms with Gasteiger partial charge in [0.15, 0.2) is 0 Å². The first kappa shape index (κ1) is 18.6. The zero-order chi connectivity index (χ0) is 19.5. The molecule has 1 aliphatic rings. The molecular formula is C23H21BrN2O2. The topological polar surface area (TPSA) is 34.1 Å². The van der Waals surface area contributed by atoms with E-state index in [0.717, 1.165) is 39.4 Å². The number of anilines is 1. The van der Waals surface area contributed by atoms with Crippen molar-refractivity contribution in [2.45, 2.75) is 12.5 Å². The predicted molar refractivity (Wildman–Crippen MR) is 117 cm³/mol. The van der Waals surface area contributed by atoms with E-state index >= 15 is 0 Å². The molecule has 28 heavy (non-hydrogen) atoms. The molecule has 1 heterocycles. The summed E-state index contributed by atoms with van der Waals surface area (Å²) in [5, 5.41) is 7.09. The van der Waals surface area contributed by atoms with E-state index in [1.807, 2.05) is 36.4 Å². The Labute approximate surface area is 173 Å².